The van der Waals surface area contributed by atoms with E-state index in [1.807, 2.05) is 55.4 Å². The van der Waals surface area contributed by atoms with E-state index >= 15 is 0 Å². The monoisotopic (exact) mass is 1600 g/mol. The van der Waals surface area contributed by atoms with Gasteiger partial charge in [0.25, 0.3) is 0 Å². The molecule has 0 rings (SSSR count). The van der Waals surface area contributed by atoms with Gasteiger partial charge in [0.2, 0.25) is 0 Å². The Morgan fingerprint density at radius 1 is 0.257 bits per heavy atom. The van der Waals surface area contributed by atoms with E-state index in [1.54, 1.807) is 41.5 Å². The Kier molecular flexibility index (Phi) is 62.2. The van der Waals surface area contributed by atoms with Crippen molar-refractivity contribution in [3.8, 4) is 10.8 Å². The summed E-state index contributed by atoms with van der Waals surface area (Å²) in [7, 11) is 0. The second-order valence-electron chi connectivity index (χ2n) is 24.3. The third-order valence-corrected chi connectivity index (χ3v) is 20.0. The molecule has 0 bridgehead atoms. The minimum Gasteiger partial charge on any atom is -0.462 e. The highest BCUT2D eigenvalue weighted by Gasteiger charge is 2.23. The van der Waals surface area contributed by atoms with Crippen molar-refractivity contribution in [2.45, 2.75) is 99.3 Å². The Hall–Kier alpha value is -5.44. The minimum atomic E-state index is -0.591. The van der Waals surface area contributed by atoms with Gasteiger partial charge in [0.05, 0.1) is 74.0 Å². The molecular formula is C69H114N6O24S6. The van der Waals surface area contributed by atoms with E-state index in [1.165, 1.54) is 47.0 Å². The fraction of sp³-hybridized carbons (Fsp3) is 0.797. The van der Waals surface area contributed by atoms with Gasteiger partial charge in [-0.3, -0.25) is 57.5 Å². The van der Waals surface area contributed by atoms with Gasteiger partial charge in [0.15, 0.2) is 0 Å². The first-order chi connectivity index (χ1) is 50.3. The molecule has 6 unspecified atom stereocenters. The Balaban J connectivity index is 6.82. The first-order valence-corrected chi connectivity index (χ1v) is 42.7. The number of esters is 12. The smallest absolute Gasteiger partial charge is 0.309 e. The summed E-state index contributed by atoms with van der Waals surface area (Å²) in [6.07, 6.45) is 8.46. The van der Waals surface area contributed by atoms with Crippen LogP contribution in [0.1, 0.15) is 99.3 Å². The molecule has 0 N–H and O–H groups in total. The Labute approximate surface area is 645 Å². The van der Waals surface area contributed by atoms with Crippen LogP contribution in [0.15, 0.2) is 0 Å². The van der Waals surface area contributed by atoms with Crippen molar-refractivity contribution in [1.82, 2.24) is 19.6 Å². The van der Waals surface area contributed by atoms with Crippen LogP contribution >= 0.6 is 70.6 Å². The van der Waals surface area contributed by atoms with Crippen LogP contribution in [0.4, 0.5) is 0 Å². The van der Waals surface area contributed by atoms with E-state index in [2.05, 4.69) is 0 Å². The van der Waals surface area contributed by atoms with E-state index in [4.69, 9.17) is 67.4 Å². The molecule has 0 saturated heterocycles. The van der Waals surface area contributed by atoms with Gasteiger partial charge in [-0.1, -0.05) is 41.5 Å². The van der Waals surface area contributed by atoms with Crippen molar-refractivity contribution in [2.75, 3.05) is 217 Å². The zero-order chi connectivity index (χ0) is 78.4. The number of hydrogen-bond donors (Lipinski definition) is 0. The summed E-state index contributed by atoms with van der Waals surface area (Å²) in [5.41, 5.74) is 0. The van der Waals surface area contributed by atoms with Crippen molar-refractivity contribution in [2.24, 2.45) is 35.5 Å². The topological polar surface area (TPSA) is 376 Å². The molecular weight excluding hydrogens is 1490 g/mol. The minimum absolute atomic E-state index is 0.0488. The van der Waals surface area contributed by atoms with Crippen LogP contribution in [0, 0.1) is 56.8 Å². The third kappa shape index (κ3) is 55.6. The highest BCUT2D eigenvalue weighted by Crippen LogP contribution is 2.14. The van der Waals surface area contributed by atoms with Gasteiger partial charge in [-0.25, -0.2) is 0 Å². The van der Waals surface area contributed by atoms with Crippen LogP contribution in [0.2, 0.25) is 0 Å². The molecule has 0 fully saturated rings. The zero-order valence-corrected chi connectivity index (χ0v) is 67.9. The second kappa shape index (κ2) is 65.6. The first-order valence-electron chi connectivity index (χ1n) is 35.1. The average molecular weight is 1600 g/mol. The lowest BCUT2D eigenvalue weighted by atomic mass is 10.2. The Morgan fingerprint density at radius 3 is 0.571 bits per heavy atom. The maximum Gasteiger partial charge on any atom is 0.309 e. The van der Waals surface area contributed by atoms with Gasteiger partial charge in [0.1, 0.15) is 90.1 Å². The molecule has 0 aliphatic rings. The van der Waals surface area contributed by atoms with Crippen molar-refractivity contribution in [3.05, 3.63) is 0 Å². The number of carbonyl (C=O) groups excluding carboxylic acids is 12. The molecule has 0 aliphatic heterocycles. The number of nitrogens with zero attached hydrogens (tertiary/aromatic N) is 6. The summed E-state index contributed by atoms with van der Waals surface area (Å²) in [6.45, 7) is 11.7. The van der Waals surface area contributed by atoms with Gasteiger partial charge >= 0.3 is 71.6 Å². The van der Waals surface area contributed by atoms with Gasteiger partial charge in [0, 0.05) is 73.8 Å². The molecule has 0 heterocycles. The summed E-state index contributed by atoms with van der Waals surface area (Å²) in [4.78, 5) is 161. The van der Waals surface area contributed by atoms with Crippen molar-refractivity contribution in [3.63, 3.8) is 0 Å². The van der Waals surface area contributed by atoms with Gasteiger partial charge in [-0.15, -0.1) is 0 Å². The average Bonchev–Trinajstić information content (AvgIpc) is 1.10. The molecule has 0 aliphatic carbocycles. The molecule has 0 amide bonds. The number of nitriles is 2. The van der Waals surface area contributed by atoms with Crippen molar-refractivity contribution in [1.29, 1.82) is 10.5 Å². The molecule has 6 atom stereocenters. The molecule has 0 radical (unpaired) electrons. The number of hydrogen-bond acceptors (Lipinski definition) is 36. The quantitative estimate of drug-likeness (QED) is 0.0295. The summed E-state index contributed by atoms with van der Waals surface area (Å²) < 4.78 is 64.0. The van der Waals surface area contributed by atoms with Gasteiger partial charge in [-0.2, -0.15) is 57.6 Å². The molecule has 0 spiro atoms. The Morgan fingerprint density at radius 2 is 0.410 bits per heavy atom. The van der Waals surface area contributed by atoms with E-state index in [9.17, 15) is 57.5 Å². The summed E-state index contributed by atoms with van der Waals surface area (Å²) in [5.74, 6) is -5.83. The van der Waals surface area contributed by atoms with Crippen LogP contribution in [0.25, 0.3) is 0 Å². The second-order valence-corrected chi connectivity index (χ2v) is 29.5. The summed E-state index contributed by atoms with van der Waals surface area (Å²) in [6, 6.07) is 0. The Bertz CT molecular complexity index is 2560. The highest BCUT2D eigenvalue weighted by atomic mass is 32.2. The molecule has 0 aromatic carbocycles. The van der Waals surface area contributed by atoms with E-state index in [0.29, 0.717) is 81.5 Å². The van der Waals surface area contributed by atoms with E-state index in [-0.39, 0.29) is 192 Å². The van der Waals surface area contributed by atoms with Crippen LogP contribution in [-0.4, -0.2) is 309 Å². The maximum absolute atomic E-state index is 13.3. The first kappa shape index (κ1) is 99.6. The third-order valence-electron chi connectivity index (χ3n) is 15.1. The number of thiocyanates is 2. The lowest BCUT2D eigenvalue weighted by Gasteiger charge is -2.28. The maximum atomic E-state index is 13.3. The van der Waals surface area contributed by atoms with Gasteiger partial charge in [-0.05, 0) is 107 Å². The van der Waals surface area contributed by atoms with E-state index < -0.39 is 83.5 Å². The van der Waals surface area contributed by atoms with Crippen LogP contribution in [0.5, 0.6) is 0 Å². The molecule has 105 heavy (non-hydrogen) atoms. The summed E-state index contributed by atoms with van der Waals surface area (Å²) in [5, 5.41) is 21.6. The predicted octanol–water partition coefficient (Wildman–Crippen LogP) is 5.92. The molecule has 0 saturated carbocycles. The number of carbonyl (C=O) groups is 12. The number of thioether (sulfide) groups is 6. The standard InChI is InChI=1S/C69H114N6O24S6/c1-52(44-100-7)64(82)94-38-32-88-58(76)14-26-72(22-12-25-75(30-18-62(80)92-35-41-97-67(85)55(4)47-103-10)31-19-63(81)93-37-43-99-69(87)57(6)49-105-51-71)20-11-21-73(27-15-59(77)89-36-42-98-68(86)56(5)48-104-50-70)23-13-24-74(28-16-60(78)90-33-39-95-65(83)53(2)45-101-8)29-17-61(79)91-34-40-96-66(84)54(3)46-102-9/h52-57H,11-49H2,1-10H3. The molecule has 600 valence electrons. The SMILES string of the molecule is CSCC(C)C(=O)OCCOC(=O)CCN(CCCN(CCCN(CCC(=O)OCCOC(=O)C(C)CSC)CCC(=O)OCCOC(=O)C(C)CSC)CCC(=O)OCCOC(=O)C(C)CSC#N)CCCN(CCC(=O)OCCOC(=O)C(C)CSC)CCC(=O)OCCOC(=O)C(C)CSC#N. The van der Waals surface area contributed by atoms with Crippen LogP contribution in [-0.2, 0) is 114 Å². The largest absolute Gasteiger partial charge is 0.462 e. The molecule has 0 aromatic heterocycles. The normalized spacial score (nSPS) is 12.8. The van der Waals surface area contributed by atoms with Crippen molar-refractivity contribution >= 4 is 142 Å². The summed E-state index contributed by atoms with van der Waals surface area (Å²) >= 11 is 7.84. The lowest BCUT2D eigenvalue weighted by Crippen LogP contribution is -2.37. The number of rotatable bonds is 66. The number of ether oxygens (including phenoxy) is 12. The fourth-order valence-electron chi connectivity index (χ4n) is 9.20. The van der Waals surface area contributed by atoms with E-state index in [0.717, 1.165) is 23.5 Å². The zero-order valence-electron chi connectivity index (χ0n) is 63.0. The molecule has 30 nitrogen and oxygen atoms in total. The van der Waals surface area contributed by atoms with Crippen molar-refractivity contribution < 1.29 is 114 Å². The molecule has 0 aromatic rings. The van der Waals surface area contributed by atoms with Gasteiger partial charge < -0.3 is 76.4 Å². The lowest BCUT2D eigenvalue weighted by molar-refractivity contribution is -0.154. The fourth-order valence-corrected chi connectivity index (χ4v) is 12.7. The van der Waals surface area contributed by atoms with Crippen LogP contribution < -0.4 is 0 Å². The van der Waals surface area contributed by atoms with Crippen LogP contribution in [0.3, 0.4) is 0 Å². The molecule has 36 heteroatoms. The predicted molar refractivity (Wildman–Crippen MR) is 403 cm³/mol. The highest BCUT2D eigenvalue weighted by molar-refractivity contribution is 8.04.